The van der Waals surface area contributed by atoms with Crippen LogP contribution >= 0.6 is 0 Å². The summed E-state index contributed by atoms with van der Waals surface area (Å²) in [6.45, 7) is 9.18. The molecule has 2 heterocycles. The minimum absolute atomic E-state index is 0.204. The molecular formula is C25H28N6O3. The van der Waals surface area contributed by atoms with Gasteiger partial charge in [0.05, 0.1) is 23.6 Å². The third-order valence-electron chi connectivity index (χ3n) is 5.15. The van der Waals surface area contributed by atoms with Crippen LogP contribution in [-0.2, 0) is 9.53 Å². The molecule has 3 N–H and O–H groups in total. The second-order valence-electron chi connectivity index (χ2n) is 9.11. The molecule has 0 spiro atoms. The average molecular weight is 461 g/mol. The standard InChI is InChI=1S/C25H28N6O3/c1-15-7-6-8-16(2)22(15)30-23-20-12-26-14-31(20)19-11-17(9-10-18(19)29-23)28-21(32)13-27-24(33)34-25(3,4)5/h6-12,14H,13H2,1-5H3,(H,27,33)(H,28,32)(H,29,30). The number of aromatic nitrogens is 3. The van der Waals surface area contributed by atoms with E-state index in [0.717, 1.165) is 33.4 Å². The third kappa shape index (κ3) is 5.09. The first-order valence-electron chi connectivity index (χ1n) is 11.0. The van der Waals surface area contributed by atoms with Gasteiger partial charge in [-0.1, -0.05) is 18.2 Å². The van der Waals surface area contributed by atoms with Crippen LogP contribution in [0.5, 0.6) is 0 Å². The van der Waals surface area contributed by atoms with E-state index >= 15 is 0 Å². The van der Waals surface area contributed by atoms with E-state index in [1.54, 1.807) is 39.4 Å². The van der Waals surface area contributed by atoms with E-state index in [4.69, 9.17) is 9.72 Å². The van der Waals surface area contributed by atoms with E-state index in [0.29, 0.717) is 11.5 Å². The number of alkyl carbamates (subject to hydrolysis) is 1. The third-order valence-corrected chi connectivity index (χ3v) is 5.15. The Labute approximate surface area is 197 Å². The molecule has 34 heavy (non-hydrogen) atoms. The Hall–Kier alpha value is -4.14. The molecule has 0 bridgehead atoms. The molecule has 2 aromatic heterocycles. The number of ether oxygens (including phenoxy) is 1. The number of nitrogens with one attached hydrogen (secondary N) is 3. The Balaban J connectivity index is 1.56. The zero-order valence-corrected chi connectivity index (χ0v) is 19.9. The largest absolute Gasteiger partial charge is 0.444 e. The first-order valence-corrected chi connectivity index (χ1v) is 11.0. The number of carbonyl (C=O) groups is 2. The first kappa shape index (κ1) is 23.0. The van der Waals surface area contributed by atoms with Crippen molar-refractivity contribution < 1.29 is 14.3 Å². The van der Waals surface area contributed by atoms with E-state index in [1.165, 1.54) is 0 Å². The smallest absolute Gasteiger partial charge is 0.408 e. The molecule has 0 aliphatic rings. The lowest BCUT2D eigenvalue weighted by Gasteiger charge is -2.19. The number of fused-ring (bicyclic) bond motifs is 3. The van der Waals surface area contributed by atoms with E-state index in [-0.39, 0.29) is 12.5 Å². The van der Waals surface area contributed by atoms with Crippen LogP contribution in [0.4, 0.5) is 22.0 Å². The van der Waals surface area contributed by atoms with Crippen LogP contribution < -0.4 is 16.0 Å². The highest BCUT2D eigenvalue weighted by molar-refractivity contribution is 5.96. The van der Waals surface area contributed by atoms with Gasteiger partial charge in [0.15, 0.2) is 5.82 Å². The van der Waals surface area contributed by atoms with Crippen molar-refractivity contribution in [3.63, 3.8) is 0 Å². The number of amides is 2. The Morgan fingerprint density at radius 1 is 1.06 bits per heavy atom. The fraction of sp³-hybridized carbons (Fsp3) is 0.280. The van der Waals surface area contributed by atoms with Crippen molar-refractivity contribution in [1.29, 1.82) is 0 Å². The number of aryl methyl sites for hydroxylation is 2. The Bertz CT molecular complexity index is 1370. The van der Waals surface area contributed by atoms with Crippen LogP contribution in [0.15, 0.2) is 48.9 Å². The number of hydrogen-bond donors (Lipinski definition) is 3. The second kappa shape index (κ2) is 9.01. The lowest BCUT2D eigenvalue weighted by molar-refractivity contribution is -0.115. The molecule has 0 aliphatic heterocycles. The molecule has 4 rings (SSSR count). The summed E-state index contributed by atoms with van der Waals surface area (Å²) in [5.41, 5.74) is 5.55. The SMILES string of the molecule is Cc1cccc(C)c1Nc1nc2ccc(NC(=O)CNC(=O)OC(C)(C)C)cc2n2cncc12. The zero-order valence-electron chi connectivity index (χ0n) is 19.9. The molecule has 0 aliphatic carbocycles. The molecule has 9 nitrogen and oxygen atoms in total. The highest BCUT2D eigenvalue weighted by Crippen LogP contribution is 2.29. The fourth-order valence-electron chi connectivity index (χ4n) is 3.62. The van der Waals surface area contributed by atoms with Gasteiger partial charge in [0.1, 0.15) is 17.7 Å². The summed E-state index contributed by atoms with van der Waals surface area (Å²) >= 11 is 0. The van der Waals surface area contributed by atoms with Crippen LogP contribution in [0, 0.1) is 13.8 Å². The van der Waals surface area contributed by atoms with Crippen LogP contribution in [0.3, 0.4) is 0 Å². The van der Waals surface area contributed by atoms with E-state index < -0.39 is 11.7 Å². The molecule has 176 valence electrons. The van der Waals surface area contributed by atoms with Gasteiger partial charge >= 0.3 is 6.09 Å². The Kier molecular flexibility index (Phi) is 6.10. The van der Waals surface area contributed by atoms with E-state index in [2.05, 4.69) is 46.9 Å². The molecule has 9 heteroatoms. The van der Waals surface area contributed by atoms with Crippen molar-refractivity contribution in [2.75, 3.05) is 17.2 Å². The van der Waals surface area contributed by atoms with Crippen LogP contribution in [0.2, 0.25) is 0 Å². The minimum atomic E-state index is -0.644. The number of benzene rings is 2. The summed E-state index contributed by atoms with van der Waals surface area (Å²) < 4.78 is 7.07. The normalized spacial score (nSPS) is 11.4. The molecule has 4 aromatic rings. The molecular weight excluding hydrogens is 432 g/mol. The Morgan fingerprint density at radius 3 is 2.50 bits per heavy atom. The minimum Gasteiger partial charge on any atom is -0.444 e. The summed E-state index contributed by atoms with van der Waals surface area (Å²) in [5.74, 6) is 0.328. The molecule has 2 amide bonds. The molecule has 0 saturated carbocycles. The van der Waals surface area contributed by atoms with Crippen molar-refractivity contribution >= 4 is 45.7 Å². The number of imidazole rings is 1. The maximum absolute atomic E-state index is 12.3. The maximum atomic E-state index is 12.3. The summed E-state index contributed by atoms with van der Waals surface area (Å²) in [6, 6.07) is 11.6. The summed E-state index contributed by atoms with van der Waals surface area (Å²) in [4.78, 5) is 33.2. The number of hydrogen-bond acceptors (Lipinski definition) is 6. The van der Waals surface area contributed by atoms with Crippen molar-refractivity contribution in [3.05, 3.63) is 60.0 Å². The van der Waals surface area contributed by atoms with E-state index in [1.807, 2.05) is 22.6 Å². The Morgan fingerprint density at radius 2 is 1.79 bits per heavy atom. The summed E-state index contributed by atoms with van der Waals surface area (Å²) in [5, 5.41) is 8.70. The number of rotatable bonds is 5. The second-order valence-corrected chi connectivity index (χ2v) is 9.11. The number of para-hydroxylation sites is 1. The number of carbonyl (C=O) groups excluding carboxylic acids is 2. The van der Waals surface area contributed by atoms with Crippen LogP contribution in [0.25, 0.3) is 16.6 Å². The molecule has 2 aromatic carbocycles. The van der Waals surface area contributed by atoms with Crippen molar-refractivity contribution in [1.82, 2.24) is 19.7 Å². The molecule has 0 radical (unpaired) electrons. The number of nitrogens with zero attached hydrogens (tertiary/aromatic N) is 3. The van der Waals surface area contributed by atoms with E-state index in [9.17, 15) is 9.59 Å². The molecule has 0 atom stereocenters. The van der Waals surface area contributed by atoms with Gasteiger partial charge in [0.2, 0.25) is 5.91 Å². The lowest BCUT2D eigenvalue weighted by atomic mass is 10.1. The average Bonchev–Trinajstić information content (AvgIpc) is 3.25. The van der Waals surface area contributed by atoms with Crippen LogP contribution in [-0.4, -0.2) is 38.5 Å². The predicted molar refractivity (Wildman–Crippen MR) is 133 cm³/mol. The fourth-order valence-corrected chi connectivity index (χ4v) is 3.62. The van der Waals surface area contributed by atoms with Crippen molar-refractivity contribution in [2.24, 2.45) is 0 Å². The van der Waals surface area contributed by atoms with Gasteiger partial charge in [-0.25, -0.2) is 14.8 Å². The van der Waals surface area contributed by atoms with Gasteiger partial charge in [-0.05, 0) is 63.9 Å². The van der Waals surface area contributed by atoms with Gasteiger partial charge in [0, 0.05) is 11.4 Å². The van der Waals surface area contributed by atoms with Crippen LogP contribution in [0.1, 0.15) is 31.9 Å². The van der Waals surface area contributed by atoms with Crippen molar-refractivity contribution in [3.8, 4) is 0 Å². The van der Waals surface area contributed by atoms with Gasteiger partial charge in [-0.15, -0.1) is 0 Å². The van der Waals surface area contributed by atoms with Gasteiger partial charge in [0.25, 0.3) is 0 Å². The van der Waals surface area contributed by atoms with Gasteiger partial charge in [-0.3, -0.25) is 9.20 Å². The highest BCUT2D eigenvalue weighted by Gasteiger charge is 2.17. The summed E-state index contributed by atoms with van der Waals surface area (Å²) in [6.07, 6.45) is 2.82. The molecule has 0 unspecified atom stereocenters. The lowest BCUT2D eigenvalue weighted by Crippen LogP contribution is -2.37. The molecule has 0 fully saturated rings. The van der Waals surface area contributed by atoms with Gasteiger partial charge in [-0.2, -0.15) is 0 Å². The van der Waals surface area contributed by atoms with Gasteiger partial charge < -0.3 is 20.7 Å². The summed E-state index contributed by atoms with van der Waals surface area (Å²) in [7, 11) is 0. The zero-order chi connectivity index (χ0) is 24.5. The predicted octanol–water partition coefficient (Wildman–Crippen LogP) is 4.71. The van der Waals surface area contributed by atoms with Crippen molar-refractivity contribution in [2.45, 2.75) is 40.2 Å². The monoisotopic (exact) mass is 460 g/mol. The first-order chi connectivity index (χ1) is 16.1. The quantitative estimate of drug-likeness (QED) is 0.398. The number of anilines is 3. The maximum Gasteiger partial charge on any atom is 0.408 e. The highest BCUT2D eigenvalue weighted by atomic mass is 16.6. The topological polar surface area (TPSA) is 110 Å². The molecule has 0 saturated heterocycles.